The Kier molecular flexibility index (Phi) is 9.23. The van der Waals surface area contributed by atoms with Crippen LogP contribution in [0.3, 0.4) is 0 Å². The Morgan fingerprint density at radius 1 is 1.03 bits per heavy atom. The fraction of sp³-hybridized carbons (Fsp3) is 0.591. The van der Waals surface area contributed by atoms with Gasteiger partial charge in [0.05, 0.1) is 20.3 Å². The van der Waals surface area contributed by atoms with E-state index in [4.69, 9.17) is 23.7 Å². The molecular weight excluding hydrogens is 488 g/mol. The van der Waals surface area contributed by atoms with Crippen LogP contribution in [-0.4, -0.2) is 129 Å². The molecule has 0 spiro atoms. The summed E-state index contributed by atoms with van der Waals surface area (Å²) in [5, 5.41) is 79.5. The Labute approximate surface area is 205 Å². The lowest BCUT2D eigenvalue weighted by Gasteiger charge is -2.43. The van der Waals surface area contributed by atoms with Crippen LogP contribution in [0.5, 0.6) is 11.5 Å². The molecule has 8 N–H and O–H groups in total. The van der Waals surface area contributed by atoms with E-state index in [0.29, 0.717) is 5.56 Å². The molecule has 0 saturated carbocycles. The number of hydrogen-bond acceptors (Lipinski definition) is 14. The minimum absolute atomic E-state index is 0.114. The summed E-state index contributed by atoms with van der Waals surface area (Å²) in [6, 6.07) is 4.27. The highest BCUT2D eigenvalue weighted by Gasteiger charge is 2.60. The maximum Gasteiger partial charge on any atom is 0.331 e. The minimum Gasteiger partial charge on any atom is -0.504 e. The van der Waals surface area contributed by atoms with Gasteiger partial charge in [-0.2, -0.15) is 0 Å². The normalized spacial score (nSPS) is 36.8. The van der Waals surface area contributed by atoms with Crippen molar-refractivity contribution in [2.75, 3.05) is 26.9 Å². The lowest BCUT2D eigenvalue weighted by atomic mass is 9.99. The van der Waals surface area contributed by atoms with E-state index in [2.05, 4.69) is 0 Å². The zero-order chi connectivity index (χ0) is 26.6. The second-order valence-electron chi connectivity index (χ2n) is 8.24. The molecule has 14 heteroatoms. The van der Waals surface area contributed by atoms with Gasteiger partial charge in [0.25, 0.3) is 0 Å². The zero-order valence-electron chi connectivity index (χ0n) is 19.2. The molecule has 0 radical (unpaired) electrons. The van der Waals surface area contributed by atoms with E-state index in [-0.39, 0.29) is 11.5 Å². The van der Waals surface area contributed by atoms with Crippen molar-refractivity contribution in [3.05, 3.63) is 29.8 Å². The highest BCUT2D eigenvalue weighted by Crippen LogP contribution is 2.38. The summed E-state index contributed by atoms with van der Waals surface area (Å²) in [5.41, 5.74) is 0.448. The lowest BCUT2D eigenvalue weighted by molar-refractivity contribution is -0.383. The number of phenols is 1. The minimum atomic E-state index is -2.37. The van der Waals surface area contributed by atoms with Crippen LogP contribution in [0.15, 0.2) is 24.3 Å². The van der Waals surface area contributed by atoms with Gasteiger partial charge in [-0.3, -0.25) is 0 Å². The van der Waals surface area contributed by atoms with Gasteiger partial charge in [0, 0.05) is 6.08 Å². The van der Waals surface area contributed by atoms with Gasteiger partial charge < -0.3 is 64.5 Å². The van der Waals surface area contributed by atoms with Crippen molar-refractivity contribution in [2.24, 2.45) is 0 Å². The number of aliphatic hydroxyl groups excluding tert-OH is 7. The number of phenolic OH excluding ortho intramolecular Hbond substituents is 1. The molecule has 2 saturated heterocycles. The monoisotopic (exact) mass is 518 g/mol. The summed E-state index contributed by atoms with van der Waals surface area (Å²) in [7, 11) is 1.35. The highest BCUT2D eigenvalue weighted by atomic mass is 16.8. The molecule has 202 valence electrons. The van der Waals surface area contributed by atoms with Crippen LogP contribution in [0.4, 0.5) is 0 Å². The number of aromatic hydroxyl groups is 1. The van der Waals surface area contributed by atoms with Gasteiger partial charge in [-0.15, -0.1) is 0 Å². The number of benzene rings is 1. The van der Waals surface area contributed by atoms with Crippen LogP contribution in [0.25, 0.3) is 6.08 Å². The van der Waals surface area contributed by atoms with Crippen LogP contribution in [0, 0.1) is 0 Å². The molecule has 2 fully saturated rings. The van der Waals surface area contributed by atoms with E-state index >= 15 is 0 Å². The number of aliphatic hydroxyl groups is 7. The third-order valence-electron chi connectivity index (χ3n) is 5.90. The number of esters is 1. The average molecular weight is 518 g/mol. The maximum atomic E-state index is 12.5. The van der Waals surface area contributed by atoms with Crippen LogP contribution in [-0.2, 0) is 23.7 Å². The third-order valence-corrected chi connectivity index (χ3v) is 5.90. The molecule has 0 bridgehead atoms. The van der Waals surface area contributed by atoms with Crippen LogP contribution >= 0.6 is 0 Å². The van der Waals surface area contributed by atoms with Gasteiger partial charge in [-0.1, -0.05) is 6.07 Å². The third kappa shape index (κ3) is 5.63. The topological polar surface area (TPSA) is 225 Å². The SMILES string of the molecule is COc1cc(/C=C\C(=O)OC2C(O)C(CO)OC2(CO)OC2OC(CO)C(O)C(O)C2O)ccc1O. The van der Waals surface area contributed by atoms with E-state index in [1.165, 1.54) is 31.4 Å². The number of rotatable bonds is 9. The number of carbonyl (C=O) groups is 1. The average Bonchev–Trinajstić information content (AvgIpc) is 3.14. The molecule has 2 aliphatic rings. The summed E-state index contributed by atoms with van der Waals surface area (Å²) in [6.07, 6.45) is -11.1. The van der Waals surface area contributed by atoms with Crippen LogP contribution in [0.1, 0.15) is 5.56 Å². The molecule has 0 aliphatic carbocycles. The quantitative estimate of drug-likeness (QED) is 0.118. The van der Waals surface area contributed by atoms with Gasteiger partial charge >= 0.3 is 5.97 Å². The van der Waals surface area contributed by atoms with E-state index in [1.54, 1.807) is 0 Å². The Balaban J connectivity index is 1.81. The highest BCUT2D eigenvalue weighted by molar-refractivity contribution is 5.87. The smallest absolute Gasteiger partial charge is 0.331 e. The molecule has 36 heavy (non-hydrogen) atoms. The number of carbonyl (C=O) groups excluding carboxylic acids is 1. The first-order chi connectivity index (χ1) is 17.1. The molecule has 1 aromatic carbocycles. The predicted octanol–water partition coefficient (Wildman–Crippen LogP) is -3.42. The van der Waals surface area contributed by atoms with E-state index < -0.39 is 80.6 Å². The summed E-state index contributed by atoms with van der Waals surface area (Å²) in [5.74, 6) is -3.35. The Bertz CT molecular complexity index is 922. The van der Waals surface area contributed by atoms with Crippen molar-refractivity contribution < 1.29 is 69.3 Å². The van der Waals surface area contributed by atoms with Crippen molar-refractivity contribution in [3.8, 4) is 11.5 Å². The fourth-order valence-electron chi connectivity index (χ4n) is 3.90. The Morgan fingerprint density at radius 3 is 2.33 bits per heavy atom. The first-order valence-corrected chi connectivity index (χ1v) is 10.9. The fourth-order valence-corrected chi connectivity index (χ4v) is 3.90. The van der Waals surface area contributed by atoms with E-state index in [1.807, 2.05) is 0 Å². The molecule has 9 atom stereocenters. The van der Waals surface area contributed by atoms with Crippen molar-refractivity contribution >= 4 is 12.0 Å². The maximum absolute atomic E-state index is 12.5. The molecular formula is C22H30O14. The van der Waals surface area contributed by atoms with Gasteiger partial charge in [0.15, 0.2) is 23.9 Å². The first kappa shape index (κ1) is 28.2. The van der Waals surface area contributed by atoms with Crippen molar-refractivity contribution in [2.45, 2.75) is 54.8 Å². The predicted molar refractivity (Wildman–Crippen MR) is 116 cm³/mol. The van der Waals surface area contributed by atoms with Crippen LogP contribution in [0.2, 0.25) is 0 Å². The molecule has 2 heterocycles. The summed E-state index contributed by atoms with van der Waals surface area (Å²) in [6.45, 7) is -2.59. The van der Waals surface area contributed by atoms with E-state index in [9.17, 15) is 45.6 Å². The summed E-state index contributed by atoms with van der Waals surface area (Å²) >= 11 is 0. The zero-order valence-corrected chi connectivity index (χ0v) is 19.2. The number of methoxy groups -OCH3 is 1. The molecule has 2 aliphatic heterocycles. The van der Waals surface area contributed by atoms with Crippen LogP contribution < -0.4 is 4.74 Å². The van der Waals surface area contributed by atoms with E-state index in [0.717, 1.165) is 6.08 Å². The van der Waals surface area contributed by atoms with Crippen molar-refractivity contribution in [3.63, 3.8) is 0 Å². The Hall–Kier alpha value is -2.37. The summed E-state index contributed by atoms with van der Waals surface area (Å²) < 4.78 is 26.5. The second-order valence-corrected chi connectivity index (χ2v) is 8.24. The lowest BCUT2D eigenvalue weighted by Crippen LogP contribution is -2.63. The van der Waals surface area contributed by atoms with Gasteiger partial charge in [0.2, 0.25) is 5.79 Å². The van der Waals surface area contributed by atoms with Gasteiger partial charge in [-0.05, 0) is 23.8 Å². The molecule has 14 nitrogen and oxygen atoms in total. The summed E-state index contributed by atoms with van der Waals surface area (Å²) in [4.78, 5) is 12.5. The molecule has 0 aromatic heterocycles. The number of hydrogen-bond donors (Lipinski definition) is 8. The Morgan fingerprint density at radius 2 is 1.72 bits per heavy atom. The first-order valence-electron chi connectivity index (χ1n) is 10.9. The molecule has 0 amide bonds. The van der Waals surface area contributed by atoms with Crippen molar-refractivity contribution in [1.29, 1.82) is 0 Å². The van der Waals surface area contributed by atoms with Crippen molar-refractivity contribution in [1.82, 2.24) is 0 Å². The van der Waals surface area contributed by atoms with Gasteiger partial charge in [0.1, 0.15) is 43.2 Å². The van der Waals surface area contributed by atoms with Gasteiger partial charge in [-0.25, -0.2) is 4.79 Å². The second kappa shape index (κ2) is 11.8. The largest absolute Gasteiger partial charge is 0.504 e. The molecule has 3 rings (SSSR count). The standard InChI is InChI=1S/C22H30O14/c1-32-12-6-10(2-4-11(12)26)3-5-15(27)34-20-17(29)14(8-24)35-22(20,9-25)36-21-19(31)18(30)16(28)13(7-23)33-21/h2-6,13-14,16-21,23-26,28-31H,7-9H2,1H3/b5-3-. The number of ether oxygens (including phenoxy) is 5. The molecule has 1 aromatic rings. The molecule has 9 unspecified atom stereocenters.